The largest absolute Gasteiger partial charge is 0.389 e. The summed E-state index contributed by atoms with van der Waals surface area (Å²) < 4.78 is 0. The summed E-state index contributed by atoms with van der Waals surface area (Å²) in [6.45, 7) is 2.27. The van der Waals surface area contributed by atoms with Crippen LogP contribution in [0.25, 0.3) is 0 Å². The van der Waals surface area contributed by atoms with E-state index in [4.69, 9.17) is 0 Å². The van der Waals surface area contributed by atoms with Gasteiger partial charge in [-0.25, -0.2) is 0 Å². The van der Waals surface area contributed by atoms with Gasteiger partial charge in [-0.1, -0.05) is 129 Å². The van der Waals surface area contributed by atoms with Gasteiger partial charge >= 0.3 is 12.0 Å². The Hall–Kier alpha value is -0.970. The molecule has 5 heteroatoms. The standard InChI is InChI=1S/C24H46NO4/c1-2-3-4-5-6-7-8-9-10-11-12-13-14-15-16-17-18-19-20-21-22-24(27,23-26)25(28)29/h27H,2-22H2,1H3. The number of rotatable bonds is 23. The summed E-state index contributed by atoms with van der Waals surface area (Å²) in [7, 11) is 0. The smallest absolute Gasteiger partial charge is 0.324 e. The third-order valence-corrected chi connectivity index (χ3v) is 5.84. The van der Waals surface area contributed by atoms with Crippen LogP contribution in [0.2, 0.25) is 0 Å². The molecule has 0 aliphatic rings. The van der Waals surface area contributed by atoms with E-state index in [1.165, 1.54) is 103 Å². The average molecular weight is 413 g/mol. The molecule has 5 nitrogen and oxygen atoms in total. The van der Waals surface area contributed by atoms with Gasteiger partial charge in [-0.15, -0.1) is 0 Å². The monoisotopic (exact) mass is 412 g/mol. The van der Waals surface area contributed by atoms with Gasteiger partial charge in [0.25, 0.3) is 0 Å². The number of hydrogen-bond donors (Lipinski definition) is 1. The second kappa shape index (κ2) is 20.3. The molecule has 0 saturated heterocycles. The van der Waals surface area contributed by atoms with Crippen LogP contribution in [0.15, 0.2) is 0 Å². The summed E-state index contributed by atoms with van der Waals surface area (Å²) in [5.74, 6) is 0. The minimum atomic E-state index is -2.51. The first-order chi connectivity index (χ1) is 14.1. The first kappa shape index (κ1) is 28.0. The van der Waals surface area contributed by atoms with Crippen molar-refractivity contribution in [3.63, 3.8) is 0 Å². The molecule has 0 saturated carbocycles. The van der Waals surface area contributed by atoms with Crippen LogP contribution in [0.5, 0.6) is 0 Å². The Balaban J connectivity index is 3.19. The van der Waals surface area contributed by atoms with Crippen LogP contribution in [0.3, 0.4) is 0 Å². The zero-order valence-electron chi connectivity index (χ0n) is 19.0. The first-order valence-corrected chi connectivity index (χ1v) is 12.3. The fourth-order valence-corrected chi connectivity index (χ4v) is 3.81. The van der Waals surface area contributed by atoms with E-state index in [-0.39, 0.29) is 6.42 Å². The van der Waals surface area contributed by atoms with E-state index >= 15 is 0 Å². The molecule has 0 aliphatic heterocycles. The van der Waals surface area contributed by atoms with Crippen LogP contribution in [-0.2, 0) is 4.79 Å². The highest BCUT2D eigenvalue weighted by atomic mass is 16.7. The van der Waals surface area contributed by atoms with Crippen molar-refractivity contribution in [3.8, 4) is 0 Å². The van der Waals surface area contributed by atoms with Crippen LogP contribution in [0, 0.1) is 10.1 Å². The Bertz CT molecular complexity index is 389. The van der Waals surface area contributed by atoms with E-state index in [1.54, 1.807) is 0 Å². The second-order valence-electron chi connectivity index (χ2n) is 8.64. The number of unbranched alkanes of at least 4 members (excludes halogenated alkanes) is 19. The molecule has 0 aromatic heterocycles. The first-order valence-electron chi connectivity index (χ1n) is 12.3. The van der Waals surface area contributed by atoms with Crippen LogP contribution in [-0.4, -0.2) is 22.0 Å². The van der Waals surface area contributed by atoms with Gasteiger partial charge in [0, 0.05) is 0 Å². The van der Waals surface area contributed by atoms with Crippen LogP contribution in [0.4, 0.5) is 0 Å². The lowest BCUT2D eigenvalue weighted by Crippen LogP contribution is -2.39. The lowest BCUT2D eigenvalue weighted by atomic mass is 10.0. The molecule has 0 fully saturated rings. The number of aliphatic hydroxyl groups is 1. The molecule has 1 unspecified atom stereocenters. The Labute approximate surface area is 179 Å². The summed E-state index contributed by atoms with van der Waals surface area (Å²) in [6.07, 6.45) is 26.4. The second-order valence-corrected chi connectivity index (χ2v) is 8.64. The van der Waals surface area contributed by atoms with Crippen molar-refractivity contribution in [2.75, 3.05) is 0 Å². The van der Waals surface area contributed by atoms with Gasteiger partial charge in [0.2, 0.25) is 0 Å². The maximum absolute atomic E-state index is 10.6. The quantitative estimate of drug-likeness (QED) is 0.0827. The molecule has 0 amide bonds. The highest BCUT2D eigenvalue weighted by Gasteiger charge is 2.40. The normalized spacial score (nSPS) is 13.3. The molecule has 171 valence electrons. The minimum Gasteiger partial charge on any atom is -0.324 e. The molecule has 0 aromatic carbocycles. The van der Waals surface area contributed by atoms with Gasteiger partial charge in [0.15, 0.2) is 0 Å². The minimum absolute atomic E-state index is 0.136. The zero-order valence-corrected chi connectivity index (χ0v) is 19.0. The van der Waals surface area contributed by atoms with E-state index < -0.39 is 10.6 Å². The number of hydrogen-bond acceptors (Lipinski definition) is 4. The molecule has 0 bridgehead atoms. The Morgan fingerprint density at radius 2 is 0.931 bits per heavy atom. The van der Waals surface area contributed by atoms with Crippen molar-refractivity contribution in [1.29, 1.82) is 0 Å². The van der Waals surface area contributed by atoms with Crippen molar-refractivity contribution in [2.45, 2.75) is 147 Å². The molecule has 1 N–H and O–H groups in total. The fraction of sp³-hybridized carbons (Fsp3) is 0.958. The molecule has 0 spiro atoms. The van der Waals surface area contributed by atoms with Crippen LogP contribution in [0.1, 0.15) is 142 Å². The maximum Gasteiger partial charge on any atom is 0.389 e. The molecule has 0 heterocycles. The molecular weight excluding hydrogens is 366 g/mol. The predicted molar refractivity (Wildman–Crippen MR) is 120 cm³/mol. The van der Waals surface area contributed by atoms with Gasteiger partial charge in [-0.3, -0.25) is 14.9 Å². The van der Waals surface area contributed by atoms with E-state index in [2.05, 4.69) is 6.92 Å². The van der Waals surface area contributed by atoms with Gasteiger partial charge < -0.3 is 5.11 Å². The average Bonchev–Trinajstić information content (AvgIpc) is 2.72. The summed E-state index contributed by atoms with van der Waals surface area (Å²) in [4.78, 5) is 20.1. The number of carbonyl (C=O) groups excluding carboxylic acids is 1. The molecule has 1 atom stereocenters. The number of nitrogens with zero attached hydrogens (tertiary/aromatic N) is 1. The zero-order chi connectivity index (χ0) is 21.6. The summed E-state index contributed by atoms with van der Waals surface area (Å²) >= 11 is 0. The van der Waals surface area contributed by atoms with Gasteiger partial charge in [-0.05, 0) is 6.42 Å². The van der Waals surface area contributed by atoms with Crippen molar-refractivity contribution >= 4 is 6.29 Å². The lowest BCUT2D eigenvalue weighted by molar-refractivity contribution is -0.599. The van der Waals surface area contributed by atoms with E-state index in [0.29, 0.717) is 6.42 Å². The van der Waals surface area contributed by atoms with Crippen molar-refractivity contribution < 1.29 is 14.8 Å². The van der Waals surface area contributed by atoms with Crippen molar-refractivity contribution in [1.82, 2.24) is 0 Å². The van der Waals surface area contributed by atoms with Gasteiger partial charge in [0.05, 0.1) is 11.3 Å². The summed E-state index contributed by atoms with van der Waals surface area (Å²) in [6, 6.07) is 0. The molecule has 29 heavy (non-hydrogen) atoms. The topological polar surface area (TPSA) is 80.4 Å². The SMILES string of the molecule is CCCCCCCCCCCCCCCCCCCCCCC(O)([C]=O)[N+](=O)[O-]. The predicted octanol–water partition coefficient (Wildman–Crippen LogP) is 7.27. The third kappa shape index (κ3) is 17.6. The molecule has 0 rings (SSSR count). The molecule has 1 radical (unpaired) electrons. The highest BCUT2D eigenvalue weighted by Crippen LogP contribution is 2.17. The van der Waals surface area contributed by atoms with E-state index in [9.17, 15) is 20.0 Å². The molecule has 0 aliphatic carbocycles. The third-order valence-electron chi connectivity index (χ3n) is 5.84. The van der Waals surface area contributed by atoms with E-state index in [0.717, 1.165) is 25.5 Å². The highest BCUT2D eigenvalue weighted by molar-refractivity contribution is 5.59. The van der Waals surface area contributed by atoms with Crippen molar-refractivity contribution in [3.05, 3.63) is 10.1 Å². The van der Waals surface area contributed by atoms with Gasteiger partial charge in [0.1, 0.15) is 0 Å². The maximum atomic E-state index is 10.6. The van der Waals surface area contributed by atoms with Crippen molar-refractivity contribution in [2.24, 2.45) is 0 Å². The fourth-order valence-electron chi connectivity index (χ4n) is 3.81. The number of nitro groups is 1. The van der Waals surface area contributed by atoms with E-state index in [1.807, 2.05) is 0 Å². The summed E-state index contributed by atoms with van der Waals surface area (Å²) in [5.41, 5.74) is -2.51. The Kier molecular flexibility index (Phi) is 19.6. The Morgan fingerprint density at radius 1 is 0.655 bits per heavy atom. The van der Waals surface area contributed by atoms with Crippen LogP contribution >= 0.6 is 0 Å². The summed E-state index contributed by atoms with van der Waals surface area (Å²) in [5, 5.41) is 20.0. The van der Waals surface area contributed by atoms with Gasteiger partial charge in [-0.2, -0.15) is 0 Å². The lowest BCUT2D eigenvalue weighted by Gasteiger charge is -2.10. The molecular formula is C24H46NO4. The molecule has 0 aromatic rings. The Morgan fingerprint density at radius 3 is 1.17 bits per heavy atom. The van der Waals surface area contributed by atoms with Crippen LogP contribution < -0.4 is 0 Å².